The minimum atomic E-state index is 0.474. The summed E-state index contributed by atoms with van der Waals surface area (Å²) in [6.07, 6.45) is 1.71. The Morgan fingerprint density at radius 3 is 2.67 bits per heavy atom. The average molecular weight is 314 g/mol. The second-order valence-electron chi connectivity index (χ2n) is 4.42. The lowest BCUT2D eigenvalue weighted by atomic mass is 10.1. The van der Waals surface area contributed by atoms with Gasteiger partial charge in [0.15, 0.2) is 0 Å². The number of rotatable bonds is 2. The summed E-state index contributed by atoms with van der Waals surface area (Å²) < 4.78 is 0. The van der Waals surface area contributed by atoms with Crippen LogP contribution in [0.1, 0.15) is 5.56 Å². The van der Waals surface area contributed by atoms with E-state index in [1.807, 2.05) is 18.2 Å². The molecule has 0 aliphatic carbocycles. The normalized spacial score (nSPS) is 10.3. The van der Waals surface area contributed by atoms with Gasteiger partial charge in [0, 0.05) is 16.6 Å². The van der Waals surface area contributed by atoms with Crippen LogP contribution in [0.3, 0.4) is 0 Å². The Morgan fingerprint density at radius 1 is 1.05 bits per heavy atom. The molecule has 0 radical (unpaired) electrons. The molecule has 1 aromatic heterocycles. The Morgan fingerprint density at radius 2 is 1.86 bits per heavy atom. The number of nitrogens with zero attached hydrogens (tertiary/aromatic N) is 2. The number of anilines is 2. The molecule has 0 unspecified atom stereocenters. The van der Waals surface area contributed by atoms with Gasteiger partial charge in [-0.05, 0) is 42.5 Å². The molecule has 0 aliphatic rings. The van der Waals surface area contributed by atoms with E-state index in [0.29, 0.717) is 21.3 Å². The summed E-state index contributed by atoms with van der Waals surface area (Å²) in [6, 6.07) is 14.6. The highest BCUT2D eigenvalue weighted by atomic mass is 35.5. The summed E-state index contributed by atoms with van der Waals surface area (Å²) in [7, 11) is 0. The largest absolute Gasteiger partial charge is 0.353 e. The number of pyridine rings is 1. The van der Waals surface area contributed by atoms with Gasteiger partial charge in [0.05, 0.1) is 27.5 Å². The van der Waals surface area contributed by atoms with Crippen molar-refractivity contribution in [3.05, 3.63) is 64.3 Å². The number of benzene rings is 2. The molecule has 0 saturated carbocycles. The zero-order chi connectivity index (χ0) is 14.8. The van der Waals surface area contributed by atoms with Gasteiger partial charge in [0.1, 0.15) is 6.07 Å². The van der Waals surface area contributed by atoms with Crippen molar-refractivity contribution in [2.45, 2.75) is 0 Å². The number of nitrogens with one attached hydrogen (secondary N) is 1. The fourth-order valence-corrected chi connectivity index (χ4v) is 2.49. The van der Waals surface area contributed by atoms with Crippen molar-refractivity contribution < 1.29 is 0 Å². The van der Waals surface area contributed by atoms with Crippen molar-refractivity contribution in [3.8, 4) is 6.07 Å². The molecule has 3 aromatic rings. The number of aromatic nitrogens is 1. The van der Waals surface area contributed by atoms with Crippen molar-refractivity contribution in [2.24, 2.45) is 0 Å². The van der Waals surface area contributed by atoms with E-state index < -0.39 is 0 Å². The molecule has 1 heterocycles. The highest BCUT2D eigenvalue weighted by Gasteiger charge is 2.08. The minimum Gasteiger partial charge on any atom is -0.353 e. The average Bonchev–Trinajstić information content (AvgIpc) is 2.52. The molecule has 0 fully saturated rings. The standard InChI is InChI=1S/C16H9Cl2N3/c17-11-3-5-14(10(8-11)9-19)21-15-6-4-13(18)12-2-1-7-20-16(12)15/h1-8,21H. The monoisotopic (exact) mass is 313 g/mol. The highest BCUT2D eigenvalue weighted by molar-refractivity contribution is 6.35. The van der Waals surface area contributed by atoms with Crippen LogP contribution in [0.15, 0.2) is 48.7 Å². The zero-order valence-corrected chi connectivity index (χ0v) is 12.3. The van der Waals surface area contributed by atoms with Gasteiger partial charge in [-0.15, -0.1) is 0 Å². The Kier molecular flexibility index (Phi) is 3.66. The van der Waals surface area contributed by atoms with Crippen LogP contribution in [0, 0.1) is 11.3 Å². The zero-order valence-electron chi connectivity index (χ0n) is 10.8. The molecule has 2 aromatic carbocycles. The van der Waals surface area contributed by atoms with E-state index in [1.165, 1.54) is 0 Å². The molecular formula is C16H9Cl2N3. The Labute approximate surface area is 131 Å². The smallest absolute Gasteiger partial charge is 0.101 e. The summed E-state index contributed by atoms with van der Waals surface area (Å²) in [5, 5.41) is 14.4. The number of fused-ring (bicyclic) bond motifs is 1. The summed E-state index contributed by atoms with van der Waals surface area (Å²) in [4.78, 5) is 4.36. The van der Waals surface area contributed by atoms with E-state index in [4.69, 9.17) is 23.2 Å². The third-order valence-electron chi connectivity index (χ3n) is 3.09. The van der Waals surface area contributed by atoms with Gasteiger partial charge in [-0.1, -0.05) is 23.2 Å². The first-order chi connectivity index (χ1) is 10.2. The highest BCUT2D eigenvalue weighted by Crippen LogP contribution is 2.31. The van der Waals surface area contributed by atoms with Gasteiger partial charge < -0.3 is 5.32 Å². The third kappa shape index (κ3) is 2.64. The molecule has 5 heteroatoms. The van der Waals surface area contributed by atoms with Gasteiger partial charge in [0.25, 0.3) is 0 Å². The first kappa shape index (κ1) is 13.7. The number of hydrogen-bond donors (Lipinski definition) is 1. The molecule has 0 bridgehead atoms. The van der Waals surface area contributed by atoms with Crippen molar-refractivity contribution in [1.29, 1.82) is 5.26 Å². The van der Waals surface area contributed by atoms with Crippen molar-refractivity contribution in [1.82, 2.24) is 4.98 Å². The fourth-order valence-electron chi connectivity index (χ4n) is 2.10. The topological polar surface area (TPSA) is 48.7 Å². The van der Waals surface area contributed by atoms with Crippen LogP contribution in [-0.2, 0) is 0 Å². The van der Waals surface area contributed by atoms with Crippen LogP contribution in [0.5, 0.6) is 0 Å². The van der Waals surface area contributed by atoms with Gasteiger partial charge in [-0.2, -0.15) is 5.26 Å². The number of nitriles is 1. The maximum Gasteiger partial charge on any atom is 0.101 e. The lowest BCUT2D eigenvalue weighted by Gasteiger charge is -2.11. The molecule has 102 valence electrons. The molecule has 3 nitrogen and oxygen atoms in total. The first-order valence-corrected chi connectivity index (χ1v) is 6.94. The SMILES string of the molecule is N#Cc1cc(Cl)ccc1Nc1ccc(Cl)c2cccnc12. The molecule has 0 aliphatic heterocycles. The molecule has 0 atom stereocenters. The van der Waals surface area contributed by atoms with Crippen LogP contribution in [0.4, 0.5) is 11.4 Å². The van der Waals surface area contributed by atoms with Crippen molar-refractivity contribution >= 4 is 45.5 Å². The predicted octanol–water partition coefficient (Wildman–Crippen LogP) is 5.16. The van der Waals surface area contributed by atoms with E-state index in [-0.39, 0.29) is 0 Å². The Balaban J connectivity index is 2.11. The second kappa shape index (κ2) is 5.61. The lowest BCUT2D eigenvalue weighted by Crippen LogP contribution is -1.96. The number of halogens is 2. The van der Waals surface area contributed by atoms with E-state index in [2.05, 4.69) is 16.4 Å². The lowest BCUT2D eigenvalue weighted by molar-refractivity contribution is 1.40. The van der Waals surface area contributed by atoms with Crippen LogP contribution >= 0.6 is 23.2 Å². The van der Waals surface area contributed by atoms with E-state index in [9.17, 15) is 5.26 Å². The fraction of sp³-hybridized carbons (Fsp3) is 0. The van der Waals surface area contributed by atoms with E-state index in [1.54, 1.807) is 30.5 Å². The minimum absolute atomic E-state index is 0.474. The molecule has 1 N–H and O–H groups in total. The summed E-state index contributed by atoms with van der Waals surface area (Å²) >= 11 is 12.1. The Bertz CT molecular complexity index is 869. The first-order valence-electron chi connectivity index (χ1n) is 6.19. The van der Waals surface area contributed by atoms with Gasteiger partial charge in [-0.25, -0.2) is 0 Å². The van der Waals surface area contributed by atoms with Crippen LogP contribution in [0.2, 0.25) is 10.0 Å². The maximum atomic E-state index is 9.19. The van der Waals surface area contributed by atoms with E-state index in [0.717, 1.165) is 16.6 Å². The summed E-state index contributed by atoms with van der Waals surface area (Å²) in [6.45, 7) is 0. The molecule has 21 heavy (non-hydrogen) atoms. The molecule has 0 saturated heterocycles. The van der Waals surface area contributed by atoms with Gasteiger partial charge in [0.2, 0.25) is 0 Å². The van der Waals surface area contributed by atoms with Crippen LogP contribution in [-0.4, -0.2) is 4.98 Å². The summed E-state index contributed by atoms with van der Waals surface area (Å²) in [5.74, 6) is 0. The van der Waals surface area contributed by atoms with Crippen LogP contribution in [0.25, 0.3) is 10.9 Å². The summed E-state index contributed by atoms with van der Waals surface area (Å²) in [5.41, 5.74) is 2.69. The van der Waals surface area contributed by atoms with Crippen molar-refractivity contribution in [3.63, 3.8) is 0 Å². The predicted molar refractivity (Wildman–Crippen MR) is 86.2 cm³/mol. The maximum absolute atomic E-state index is 9.19. The van der Waals surface area contributed by atoms with Crippen molar-refractivity contribution in [2.75, 3.05) is 5.32 Å². The molecule has 0 amide bonds. The Hall–Kier alpha value is -2.28. The number of hydrogen-bond acceptors (Lipinski definition) is 3. The molecular weight excluding hydrogens is 305 g/mol. The quantitative estimate of drug-likeness (QED) is 0.711. The van der Waals surface area contributed by atoms with Gasteiger partial charge in [-0.3, -0.25) is 4.98 Å². The van der Waals surface area contributed by atoms with E-state index >= 15 is 0 Å². The molecule has 0 spiro atoms. The van der Waals surface area contributed by atoms with Crippen LogP contribution < -0.4 is 5.32 Å². The third-order valence-corrected chi connectivity index (χ3v) is 3.65. The molecule has 3 rings (SSSR count). The van der Waals surface area contributed by atoms with Gasteiger partial charge >= 0.3 is 0 Å². The second-order valence-corrected chi connectivity index (χ2v) is 5.26.